The zero-order chi connectivity index (χ0) is 16.8. The Hall–Kier alpha value is -1.75. The van der Waals surface area contributed by atoms with Crippen molar-refractivity contribution in [1.29, 1.82) is 0 Å². The molecular weight excluding hydrogens is 304 g/mol. The van der Waals surface area contributed by atoms with Gasteiger partial charge in [-0.1, -0.05) is 24.6 Å². The van der Waals surface area contributed by atoms with Gasteiger partial charge in [0.15, 0.2) is 0 Å². The van der Waals surface area contributed by atoms with Gasteiger partial charge in [0.1, 0.15) is 11.9 Å². The molecule has 5 heteroatoms. The third kappa shape index (κ3) is 4.41. The first-order valence-corrected chi connectivity index (χ1v) is 9.14. The molecule has 1 saturated heterocycles. The van der Waals surface area contributed by atoms with Crippen molar-refractivity contribution in [3.63, 3.8) is 0 Å². The van der Waals surface area contributed by atoms with Crippen LogP contribution in [0.1, 0.15) is 38.5 Å². The zero-order valence-corrected chi connectivity index (χ0v) is 14.2. The number of ether oxygens (including phenoxy) is 1. The minimum Gasteiger partial charge on any atom is -0.488 e. The molecule has 1 saturated carbocycles. The second-order valence-corrected chi connectivity index (χ2v) is 6.92. The molecule has 3 atom stereocenters. The van der Waals surface area contributed by atoms with Crippen molar-refractivity contribution in [2.45, 2.75) is 50.7 Å². The van der Waals surface area contributed by atoms with Crippen LogP contribution in [-0.4, -0.2) is 47.9 Å². The molecule has 0 radical (unpaired) electrons. The summed E-state index contributed by atoms with van der Waals surface area (Å²) in [5.74, 6) is 1.30. The molecule has 24 heavy (non-hydrogen) atoms. The van der Waals surface area contributed by atoms with Crippen molar-refractivity contribution in [2.75, 3.05) is 19.7 Å². The average Bonchev–Trinajstić information content (AvgIpc) is 3.07. The molecule has 0 aromatic heterocycles. The summed E-state index contributed by atoms with van der Waals surface area (Å²) >= 11 is 0. The number of para-hydroxylation sites is 1. The number of carbonyl (C=O) groups excluding carboxylic acids is 1. The quantitative estimate of drug-likeness (QED) is 0.871. The number of hydrogen-bond donors (Lipinski definition) is 2. The van der Waals surface area contributed by atoms with Crippen LogP contribution in [0.3, 0.4) is 0 Å². The van der Waals surface area contributed by atoms with E-state index in [2.05, 4.69) is 5.32 Å². The Kier molecular flexibility index (Phi) is 5.96. The molecular formula is C19H28N2O3. The number of nitrogens with zero attached hydrogens (tertiary/aromatic N) is 1. The van der Waals surface area contributed by atoms with E-state index in [0.29, 0.717) is 5.92 Å². The number of benzene rings is 1. The minimum absolute atomic E-state index is 0.0176. The van der Waals surface area contributed by atoms with E-state index in [1.807, 2.05) is 35.2 Å². The van der Waals surface area contributed by atoms with Crippen LogP contribution in [0.4, 0.5) is 4.79 Å². The van der Waals surface area contributed by atoms with E-state index in [0.717, 1.165) is 57.4 Å². The highest BCUT2D eigenvalue weighted by Gasteiger charge is 2.32. The van der Waals surface area contributed by atoms with Crippen LogP contribution < -0.4 is 10.1 Å². The first kappa shape index (κ1) is 17.1. The molecule has 132 valence electrons. The van der Waals surface area contributed by atoms with Gasteiger partial charge in [0, 0.05) is 19.7 Å². The summed E-state index contributed by atoms with van der Waals surface area (Å²) in [6, 6.07) is 9.94. The van der Waals surface area contributed by atoms with Crippen LogP contribution in [-0.2, 0) is 0 Å². The second-order valence-electron chi connectivity index (χ2n) is 6.92. The van der Waals surface area contributed by atoms with Crippen molar-refractivity contribution in [1.82, 2.24) is 10.2 Å². The number of aliphatic hydroxyl groups is 1. The number of aliphatic hydroxyl groups excluding tert-OH is 1. The van der Waals surface area contributed by atoms with Gasteiger partial charge in [0.2, 0.25) is 0 Å². The highest BCUT2D eigenvalue weighted by Crippen LogP contribution is 2.25. The minimum atomic E-state index is 0.0176. The first-order chi connectivity index (χ1) is 11.8. The summed E-state index contributed by atoms with van der Waals surface area (Å²) in [5.41, 5.74) is 0. The largest absolute Gasteiger partial charge is 0.488 e. The molecule has 2 N–H and O–H groups in total. The van der Waals surface area contributed by atoms with Crippen LogP contribution >= 0.6 is 0 Å². The summed E-state index contributed by atoms with van der Waals surface area (Å²) in [4.78, 5) is 14.4. The maximum absolute atomic E-state index is 12.6. The highest BCUT2D eigenvalue weighted by molar-refractivity contribution is 5.75. The fourth-order valence-electron chi connectivity index (χ4n) is 3.76. The van der Waals surface area contributed by atoms with Gasteiger partial charge in [-0.2, -0.15) is 0 Å². The molecule has 0 unspecified atom stereocenters. The van der Waals surface area contributed by atoms with E-state index in [1.54, 1.807) is 0 Å². The molecule has 3 rings (SSSR count). The van der Waals surface area contributed by atoms with Crippen LogP contribution in [0, 0.1) is 5.92 Å². The summed E-state index contributed by atoms with van der Waals surface area (Å²) in [6.45, 7) is 1.74. The number of hydrogen-bond acceptors (Lipinski definition) is 3. The topological polar surface area (TPSA) is 61.8 Å². The van der Waals surface area contributed by atoms with Crippen LogP contribution in [0.2, 0.25) is 0 Å². The van der Waals surface area contributed by atoms with E-state index >= 15 is 0 Å². The number of rotatable bonds is 5. The van der Waals surface area contributed by atoms with E-state index in [1.165, 1.54) is 0 Å². The fraction of sp³-hybridized carbons (Fsp3) is 0.632. The second kappa shape index (κ2) is 8.38. The van der Waals surface area contributed by atoms with Gasteiger partial charge in [-0.3, -0.25) is 0 Å². The molecule has 1 aliphatic heterocycles. The molecule has 1 aromatic carbocycles. The Balaban J connectivity index is 1.55. The summed E-state index contributed by atoms with van der Waals surface area (Å²) in [6.07, 6.45) is 6.04. The predicted molar refractivity (Wildman–Crippen MR) is 93.0 cm³/mol. The molecule has 1 aliphatic carbocycles. The predicted octanol–water partition coefficient (Wildman–Crippen LogP) is 2.79. The maximum Gasteiger partial charge on any atom is 0.317 e. The lowest BCUT2D eigenvalue weighted by molar-refractivity contribution is 0.111. The van der Waals surface area contributed by atoms with Crippen molar-refractivity contribution >= 4 is 6.03 Å². The normalized spacial score (nSPS) is 27.0. The summed E-state index contributed by atoms with van der Waals surface area (Å²) in [5, 5.41) is 12.2. The SMILES string of the molecule is O=C(N[C@@H]1CCCC[C@@H]1Oc1ccccc1)N1CC[C@H](CCO)C1. The van der Waals surface area contributed by atoms with Gasteiger partial charge in [-0.05, 0) is 50.2 Å². The Labute approximate surface area is 144 Å². The number of carbonyl (C=O) groups is 1. The number of likely N-dealkylation sites (tertiary alicyclic amines) is 1. The van der Waals surface area contributed by atoms with E-state index in [4.69, 9.17) is 9.84 Å². The van der Waals surface area contributed by atoms with Gasteiger partial charge in [-0.15, -0.1) is 0 Å². The number of amides is 2. The van der Waals surface area contributed by atoms with Gasteiger partial charge in [-0.25, -0.2) is 4.79 Å². The number of urea groups is 1. The van der Waals surface area contributed by atoms with Gasteiger partial charge < -0.3 is 20.1 Å². The smallest absolute Gasteiger partial charge is 0.317 e. The molecule has 5 nitrogen and oxygen atoms in total. The van der Waals surface area contributed by atoms with Gasteiger partial charge in [0.05, 0.1) is 6.04 Å². The van der Waals surface area contributed by atoms with Crippen molar-refractivity contribution in [2.24, 2.45) is 5.92 Å². The zero-order valence-electron chi connectivity index (χ0n) is 14.2. The Bertz CT molecular complexity index is 523. The van der Waals surface area contributed by atoms with E-state index in [9.17, 15) is 4.79 Å². The molecule has 2 amide bonds. The standard InChI is InChI=1S/C19H28N2O3/c22-13-11-15-10-12-21(14-15)19(23)20-17-8-4-5-9-18(17)24-16-6-2-1-3-7-16/h1-3,6-7,15,17-18,22H,4-5,8-14H2,(H,20,23)/t15-,17-,18+/m1/s1. The average molecular weight is 332 g/mol. The highest BCUT2D eigenvalue weighted by atomic mass is 16.5. The van der Waals surface area contributed by atoms with Crippen LogP contribution in [0.5, 0.6) is 5.75 Å². The molecule has 0 bridgehead atoms. The third-order valence-corrected chi connectivity index (χ3v) is 5.15. The first-order valence-electron chi connectivity index (χ1n) is 9.14. The third-order valence-electron chi connectivity index (χ3n) is 5.15. The van der Waals surface area contributed by atoms with Crippen molar-refractivity contribution in [3.05, 3.63) is 30.3 Å². The van der Waals surface area contributed by atoms with Crippen LogP contribution in [0.15, 0.2) is 30.3 Å². The molecule has 2 aliphatic rings. The van der Waals surface area contributed by atoms with E-state index < -0.39 is 0 Å². The molecule has 1 heterocycles. The van der Waals surface area contributed by atoms with Crippen molar-refractivity contribution in [3.8, 4) is 5.75 Å². The van der Waals surface area contributed by atoms with Crippen molar-refractivity contribution < 1.29 is 14.6 Å². The summed E-state index contributed by atoms with van der Waals surface area (Å²) < 4.78 is 6.12. The number of nitrogens with one attached hydrogen (secondary N) is 1. The van der Waals surface area contributed by atoms with Gasteiger partial charge in [0.25, 0.3) is 0 Å². The summed E-state index contributed by atoms with van der Waals surface area (Å²) in [7, 11) is 0. The Morgan fingerprint density at radius 3 is 2.79 bits per heavy atom. The van der Waals surface area contributed by atoms with Gasteiger partial charge >= 0.3 is 6.03 Å². The Morgan fingerprint density at radius 1 is 1.21 bits per heavy atom. The maximum atomic E-state index is 12.6. The lowest BCUT2D eigenvalue weighted by atomic mass is 9.92. The van der Waals surface area contributed by atoms with E-state index in [-0.39, 0.29) is 24.8 Å². The molecule has 2 fully saturated rings. The monoisotopic (exact) mass is 332 g/mol. The molecule has 0 spiro atoms. The lowest BCUT2D eigenvalue weighted by Gasteiger charge is -2.33. The molecule has 1 aromatic rings. The fourth-order valence-corrected chi connectivity index (χ4v) is 3.76. The lowest BCUT2D eigenvalue weighted by Crippen LogP contribution is -2.51. The Morgan fingerprint density at radius 2 is 2.00 bits per heavy atom. The van der Waals surface area contributed by atoms with Crippen LogP contribution in [0.25, 0.3) is 0 Å².